The van der Waals surface area contributed by atoms with E-state index in [1.807, 2.05) is 0 Å². The fraction of sp³-hybridized carbons (Fsp3) is 0.0833. The average molecular weight is 332 g/mol. The number of thiophene rings is 1. The van der Waals surface area contributed by atoms with Crippen LogP contribution in [-0.2, 0) is 14.8 Å². The minimum absolute atomic E-state index is 0.00651. The van der Waals surface area contributed by atoms with Crippen molar-refractivity contribution >= 4 is 44.6 Å². The van der Waals surface area contributed by atoms with Gasteiger partial charge in [-0.3, -0.25) is 4.72 Å². The van der Waals surface area contributed by atoms with Crippen molar-refractivity contribution in [3.8, 4) is 0 Å². The number of carbonyl (C=O) groups is 1. The second kappa shape index (κ2) is 5.82. The van der Waals surface area contributed by atoms with Gasteiger partial charge in [-0.15, -0.1) is 0 Å². The van der Waals surface area contributed by atoms with Crippen LogP contribution in [0, 0.1) is 0 Å². The molecule has 0 aliphatic rings. The number of halogens is 1. The van der Waals surface area contributed by atoms with Crippen molar-refractivity contribution in [2.45, 2.75) is 4.90 Å². The number of anilines is 1. The summed E-state index contributed by atoms with van der Waals surface area (Å²) in [7, 11) is -2.68. The second-order valence-corrected chi connectivity index (χ2v) is 6.59. The van der Waals surface area contributed by atoms with E-state index in [0.29, 0.717) is 10.7 Å². The lowest BCUT2D eigenvalue weighted by atomic mass is 10.3. The first-order chi connectivity index (χ1) is 9.44. The normalized spacial score (nSPS) is 11.1. The predicted molar refractivity (Wildman–Crippen MR) is 77.9 cm³/mol. The van der Waals surface area contributed by atoms with Crippen molar-refractivity contribution < 1.29 is 17.9 Å². The van der Waals surface area contributed by atoms with Crippen LogP contribution in [0.15, 0.2) is 39.9 Å². The van der Waals surface area contributed by atoms with Gasteiger partial charge >= 0.3 is 5.97 Å². The van der Waals surface area contributed by atoms with E-state index < -0.39 is 16.0 Å². The maximum atomic E-state index is 12.3. The molecule has 1 aromatic heterocycles. The monoisotopic (exact) mass is 331 g/mol. The summed E-state index contributed by atoms with van der Waals surface area (Å²) in [6.07, 6.45) is 0. The van der Waals surface area contributed by atoms with Crippen LogP contribution in [0.3, 0.4) is 0 Å². The molecule has 5 nitrogen and oxygen atoms in total. The summed E-state index contributed by atoms with van der Waals surface area (Å²) < 4.78 is 31.4. The van der Waals surface area contributed by atoms with Gasteiger partial charge in [-0.1, -0.05) is 17.7 Å². The first-order valence-electron chi connectivity index (χ1n) is 5.37. The van der Waals surface area contributed by atoms with E-state index in [4.69, 9.17) is 11.6 Å². The Labute approximate surface area is 125 Å². The maximum absolute atomic E-state index is 12.3. The van der Waals surface area contributed by atoms with E-state index >= 15 is 0 Å². The molecule has 8 heteroatoms. The molecular formula is C12H10ClNO4S2. The summed E-state index contributed by atoms with van der Waals surface area (Å²) >= 11 is 6.90. The molecule has 1 N–H and O–H groups in total. The fourth-order valence-corrected chi connectivity index (χ4v) is 4.11. The zero-order chi connectivity index (χ0) is 14.8. The highest BCUT2D eigenvalue weighted by molar-refractivity contribution is 7.93. The molecule has 0 radical (unpaired) electrons. The van der Waals surface area contributed by atoms with Crippen LogP contribution in [0.4, 0.5) is 5.69 Å². The first-order valence-corrected chi connectivity index (χ1v) is 8.17. The van der Waals surface area contributed by atoms with Gasteiger partial charge in [0.05, 0.1) is 18.4 Å². The van der Waals surface area contributed by atoms with E-state index in [0.717, 1.165) is 11.3 Å². The largest absolute Gasteiger partial charge is 0.465 e. The third-order valence-electron chi connectivity index (χ3n) is 2.40. The van der Waals surface area contributed by atoms with E-state index in [1.54, 1.807) is 18.2 Å². The highest BCUT2D eigenvalue weighted by Gasteiger charge is 2.24. The molecule has 106 valence electrons. The summed E-state index contributed by atoms with van der Waals surface area (Å²) in [5.74, 6) is -0.697. The maximum Gasteiger partial charge on any atom is 0.340 e. The Bertz CT molecular complexity index is 739. The van der Waals surface area contributed by atoms with Gasteiger partial charge in [-0.05, 0) is 18.2 Å². The number of benzene rings is 1. The van der Waals surface area contributed by atoms with Crippen molar-refractivity contribution in [1.29, 1.82) is 0 Å². The molecule has 0 spiro atoms. The number of sulfonamides is 1. The number of nitrogens with one attached hydrogen (secondary N) is 1. The number of methoxy groups -OCH3 is 1. The third-order valence-corrected chi connectivity index (χ3v) is 4.95. The molecule has 0 saturated carbocycles. The lowest BCUT2D eigenvalue weighted by Crippen LogP contribution is -2.16. The molecule has 0 fully saturated rings. The topological polar surface area (TPSA) is 72.5 Å². The minimum Gasteiger partial charge on any atom is -0.465 e. The Balaban J connectivity index is 2.36. The molecule has 0 saturated heterocycles. The number of carbonyl (C=O) groups excluding carboxylic acids is 1. The summed E-state index contributed by atoms with van der Waals surface area (Å²) in [4.78, 5) is 11.4. The lowest BCUT2D eigenvalue weighted by molar-refractivity contribution is 0.0597. The molecule has 1 heterocycles. The molecule has 20 heavy (non-hydrogen) atoms. The van der Waals surface area contributed by atoms with Crippen LogP contribution in [0.5, 0.6) is 0 Å². The number of ether oxygens (including phenoxy) is 1. The highest BCUT2D eigenvalue weighted by atomic mass is 35.5. The van der Waals surface area contributed by atoms with Crippen LogP contribution in [0.25, 0.3) is 0 Å². The van der Waals surface area contributed by atoms with Gasteiger partial charge < -0.3 is 4.74 Å². The van der Waals surface area contributed by atoms with Gasteiger partial charge in [-0.25, -0.2) is 13.2 Å². The summed E-state index contributed by atoms with van der Waals surface area (Å²) in [6.45, 7) is 0. The van der Waals surface area contributed by atoms with Crippen molar-refractivity contribution in [1.82, 2.24) is 0 Å². The van der Waals surface area contributed by atoms with Gasteiger partial charge in [0.25, 0.3) is 10.0 Å². The number of esters is 1. The molecule has 0 atom stereocenters. The van der Waals surface area contributed by atoms with E-state index in [1.165, 1.54) is 23.9 Å². The van der Waals surface area contributed by atoms with Crippen molar-refractivity contribution in [2.75, 3.05) is 11.8 Å². The number of hydrogen-bond donors (Lipinski definition) is 1. The lowest BCUT2D eigenvalue weighted by Gasteiger charge is -2.08. The first kappa shape index (κ1) is 14.8. The van der Waals surface area contributed by atoms with E-state index in [9.17, 15) is 13.2 Å². The summed E-state index contributed by atoms with van der Waals surface area (Å²) in [5.41, 5.74) is 0.326. The smallest absolute Gasteiger partial charge is 0.340 e. The van der Waals surface area contributed by atoms with Crippen LogP contribution in [0.1, 0.15) is 10.4 Å². The van der Waals surface area contributed by atoms with E-state index in [-0.39, 0.29) is 10.5 Å². The molecule has 0 aliphatic heterocycles. The Morgan fingerprint density at radius 1 is 1.35 bits per heavy atom. The van der Waals surface area contributed by atoms with Crippen molar-refractivity contribution in [2.24, 2.45) is 0 Å². The van der Waals surface area contributed by atoms with Crippen LogP contribution >= 0.6 is 22.9 Å². The van der Waals surface area contributed by atoms with Crippen LogP contribution in [0.2, 0.25) is 5.02 Å². The number of hydrogen-bond acceptors (Lipinski definition) is 5. The quantitative estimate of drug-likeness (QED) is 0.874. The predicted octanol–water partition coefficient (Wildman–Crippen LogP) is 2.99. The third kappa shape index (κ3) is 3.12. The number of rotatable bonds is 4. The zero-order valence-electron chi connectivity index (χ0n) is 10.3. The van der Waals surface area contributed by atoms with Crippen LogP contribution < -0.4 is 4.72 Å². The standard InChI is InChI=1S/C12H10ClNO4S2/c1-18-12(15)10-6-19-7-11(10)20(16,17)14-9-4-2-3-8(13)5-9/h2-7,14H,1H3. The van der Waals surface area contributed by atoms with Gasteiger partial charge in [0.15, 0.2) is 0 Å². The molecule has 2 aromatic rings. The Kier molecular flexibility index (Phi) is 4.32. The Morgan fingerprint density at radius 3 is 2.75 bits per heavy atom. The average Bonchev–Trinajstić information content (AvgIpc) is 2.87. The molecule has 0 unspecified atom stereocenters. The SMILES string of the molecule is COC(=O)c1cscc1S(=O)(=O)Nc1cccc(Cl)c1. The van der Waals surface area contributed by atoms with Crippen LogP contribution in [-0.4, -0.2) is 21.5 Å². The van der Waals surface area contributed by atoms with Crippen molar-refractivity contribution in [3.63, 3.8) is 0 Å². The summed E-state index contributed by atoms with van der Waals surface area (Å²) in [6, 6.07) is 6.29. The van der Waals surface area contributed by atoms with Gasteiger partial charge in [0.2, 0.25) is 0 Å². The van der Waals surface area contributed by atoms with E-state index in [2.05, 4.69) is 9.46 Å². The molecule has 2 rings (SSSR count). The Morgan fingerprint density at radius 2 is 2.10 bits per heavy atom. The summed E-state index contributed by atoms with van der Waals surface area (Å²) in [5, 5.41) is 3.21. The molecule has 0 aliphatic carbocycles. The van der Waals surface area contributed by atoms with Crippen molar-refractivity contribution in [3.05, 3.63) is 45.6 Å². The highest BCUT2D eigenvalue weighted by Crippen LogP contribution is 2.25. The van der Waals surface area contributed by atoms with Gasteiger partial charge in [0.1, 0.15) is 4.90 Å². The molecule has 1 aromatic carbocycles. The Hall–Kier alpha value is -1.57. The minimum atomic E-state index is -3.87. The molecule has 0 amide bonds. The fourth-order valence-electron chi connectivity index (χ4n) is 1.51. The molecular weight excluding hydrogens is 322 g/mol. The zero-order valence-corrected chi connectivity index (χ0v) is 12.7. The molecule has 0 bridgehead atoms. The van der Waals surface area contributed by atoms with Gasteiger partial charge in [-0.2, -0.15) is 11.3 Å². The van der Waals surface area contributed by atoms with Gasteiger partial charge in [0, 0.05) is 15.8 Å². The second-order valence-electron chi connectivity index (χ2n) is 3.76.